The number of aromatic nitrogens is 2. The lowest BCUT2D eigenvalue weighted by Crippen LogP contribution is -2.07. The van der Waals surface area contributed by atoms with Gasteiger partial charge in [0.25, 0.3) is 0 Å². The molecular weight excluding hydrogens is 302 g/mol. The van der Waals surface area contributed by atoms with Gasteiger partial charge in [0, 0.05) is 16.2 Å². The summed E-state index contributed by atoms with van der Waals surface area (Å²) in [6.07, 6.45) is 1.93. The molecule has 0 bridgehead atoms. The predicted octanol–water partition coefficient (Wildman–Crippen LogP) is 3.78. The molecule has 0 spiro atoms. The molecule has 0 fully saturated rings. The van der Waals surface area contributed by atoms with Gasteiger partial charge in [-0.05, 0) is 43.5 Å². The minimum Gasteiger partial charge on any atom is -0.324 e. The molecular formula is C15H20BrN3. The van der Waals surface area contributed by atoms with Gasteiger partial charge in [-0.3, -0.25) is 0 Å². The zero-order valence-corrected chi connectivity index (χ0v) is 13.2. The van der Waals surface area contributed by atoms with E-state index in [1.54, 1.807) is 0 Å². The van der Waals surface area contributed by atoms with Crippen molar-refractivity contribution >= 4 is 15.9 Å². The van der Waals surface area contributed by atoms with Crippen LogP contribution in [0.2, 0.25) is 0 Å². The van der Waals surface area contributed by atoms with Gasteiger partial charge < -0.3 is 5.73 Å². The Morgan fingerprint density at radius 2 is 2.00 bits per heavy atom. The molecule has 0 amide bonds. The highest BCUT2D eigenvalue weighted by molar-refractivity contribution is 9.10. The molecule has 0 radical (unpaired) electrons. The molecule has 2 rings (SSSR count). The Kier molecular flexibility index (Phi) is 4.42. The van der Waals surface area contributed by atoms with Crippen molar-refractivity contribution in [1.82, 2.24) is 9.78 Å². The number of hydrogen-bond acceptors (Lipinski definition) is 2. The van der Waals surface area contributed by atoms with Gasteiger partial charge in [-0.1, -0.05) is 35.8 Å². The van der Waals surface area contributed by atoms with Crippen LogP contribution >= 0.6 is 15.9 Å². The van der Waals surface area contributed by atoms with Crippen LogP contribution < -0.4 is 5.73 Å². The number of nitrogens with zero attached hydrogens (tertiary/aromatic N) is 2. The monoisotopic (exact) mass is 321 g/mol. The fourth-order valence-electron chi connectivity index (χ4n) is 2.14. The second kappa shape index (κ2) is 5.88. The molecule has 2 N–H and O–H groups in total. The van der Waals surface area contributed by atoms with Crippen molar-refractivity contribution in [3.8, 4) is 5.69 Å². The number of halogens is 1. The molecule has 19 heavy (non-hydrogen) atoms. The van der Waals surface area contributed by atoms with E-state index in [-0.39, 0.29) is 6.04 Å². The Morgan fingerprint density at radius 3 is 2.53 bits per heavy atom. The van der Waals surface area contributed by atoms with E-state index in [0.29, 0.717) is 0 Å². The van der Waals surface area contributed by atoms with Crippen LogP contribution in [0.1, 0.15) is 43.8 Å². The van der Waals surface area contributed by atoms with Gasteiger partial charge in [-0.15, -0.1) is 0 Å². The highest BCUT2D eigenvalue weighted by Crippen LogP contribution is 2.25. The second-order valence-electron chi connectivity index (χ2n) is 4.74. The molecule has 1 aromatic carbocycles. The molecule has 1 atom stereocenters. The normalized spacial score (nSPS) is 12.7. The minimum absolute atomic E-state index is 0.0258. The molecule has 3 nitrogen and oxygen atoms in total. The van der Waals surface area contributed by atoms with Crippen LogP contribution in [0.25, 0.3) is 5.69 Å². The number of hydrogen-bond donors (Lipinski definition) is 1. The summed E-state index contributed by atoms with van der Waals surface area (Å²) in [4.78, 5) is 0. The minimum atomic E-state index is 0.0258. The Bertz CT molecular complexity index is 573. The van der Waals surface area contributed by atoms with Crippen molar-refractivity contribution in [2.24, 2.45) is 5.73 Å². The first-order chi connectivity index (χ1) is 9.06. The van der Waals surface area contributed by atoms with E-state index >= 15 is 0 Å². The molecule has 0 aliphatic rings. The first kappa shape index (κ1) is 14.3. The van der Waals surface area contributed by atoms with Gasteiger partial charge in [0.05, 0.1) is 11.4 Å². The highest BCUT2D eigenvalue weighted by Gasteiger charge is 2.10. The standard InChI is InChI=1S/C15H20BrN3/c1-4-11-8-12(5-2)19(18-11)13-6-7-14(10(3)17)15(16)9-13/h6-10H,4-5,17H2,1-3H3. The average Bonchev–Trinajstić information content (AvgIpc) is 2.81. The van der Waals surface area contributed by atoms with Crippen molar-refractivity contribution in [1.29, 1.82) is 0 Å². The van der Waals surface area contributed by atoms with E-state index in [2.05, 4.69) is 59.1 Å². The van der Waals surface area contributed by atoms with E-state index in [4.69, 9.17) is 5.73 Å². The summed E-state index contributed by atoms with van der Waals surface area (Å²) in [5, 5.41) is 4.65. The van der Waals surface area contributed by atoms with E-state index in [1.807, 2.05) is 11.6 Å². The van der Waals surface area contributed by atoms with Crippen LogP contribution in [0, 0.1) is 0 Å². The summed E-state index contributed by atoms with van der Waals surface area (Å²) < 4.78 is 3.06. The largest absolute Gasteiger partial charge is 0.324 e. The summed E-state index contributed by atoms with van der Waals surface area (Å²) in [7, 11) is 0. The lowest BCUT2D eigenvalue weighted by atomic mass is 10.1. The summed E-state index contributed by atoms with van der Waals surface area (Å²) in [5.74, 6) is 0. The third-order valence-electron chi connectivity index (χ3n) is 3.28. The molecule has 0 saturated heterocycles. The SMILES string of the molecule is CCc1cc(CC)n(-c2ccc(C(C)N)c(Br)c2)n1. The van der Waals surface area contributed by atoms with E-state index in [9.17, 15) is 0 Å². The predicted molar refractivity (Wildman–Crippen MR) is 82.6 cm³/mol. The smallest absolute Gasteiger partial charge is 0.0660 e. The maximum atomic E-state index is 5.93. The zero-order chi connectivity index (χ0) is 14.0. The first-order valence-corrected chi connectivity index (χ1v) is 7.49. The van der Waals surface area contributed by atoms with Crippen molar-refractivity contribution in [3.05, 3.63) is 45.7 Å². The van der Waals surface area contributed by atoms with Gasteiger partial charge in [0.1, 0.15) is 0 Å². The second-order valence-corrected chi connectivity index (χ2v) is 5.59. The molecule has 0 aliphatic heterocycles. The third kappa shape index (κ3) is 2.90. The van der Waals surface area contributed by atoms with Crippen molar-refractivity contribution in [2.45, 2.75) is 39.7 Å². The molecule has 1 unspecified atom stereocenters. The van der Waals surface area contributed by atoms with Gasteiger partial charge in [0.2, 0.25) is 0 Å². The van der Waals surface area contributed by atoms with Crippen LogP contribution in [0.4, 0.5) is 0 Å². The number of nitrogens with two attached hydrogens (primary N) is 1. The lowest BCUT2D eigenvalue weighted by molar-refractivity contribution is 0.785. The fourth-order valence-corrected chi connectivity index (χ4v) is 2.87. The summed E-state index contributed by atoms with van der Waals surface area (Å²) in [6, 6.07) is 8.43. The maximum absolute atomic E-state index is 5.93. The van der Waals surface area contributed by atoms with Gasteiger partial charge in [0.15, 0.2) is 0 Å². The van der Waals surface area contributed by atoms with Crippen LogP contribution in [-0.4, -0.2) is 9.78 Å². The van der Waals surface area contributed by atoms with Crippen LogP contribution in [0.5, 0.6) is 0 Å². The number of rotatable bonds is 4. The van der Waals surface area contributed by atoms with Gasteiger partial charge >= 0.3 is 0 Å². The van der Waals surface area contributed by atoms with Gasteiger partial charge in [-0.25, -0.2) is 4.68 Å². The number of benzene rings is 1. The van der Waals surface area contributed by atoms with Crippen LogP contribution in [0.15, 0.2) is 28.7 Å². The van der Waals surface area contributed by atoms with Crippen molar-refractivity contribution in [3.63, 3.8) is 0 Å². The molecule has 1 heterocycles. The molecule has 2 aromatic rings. The molecule has 0 saturated carbocycles. The first-order valence-electron chi connectivity index (χ1n) is 6.70. The summed E-state index contributed by atoms with van der Waals surface area (Å²) >= 11 is 3.59. The lowest BCUT2D eigenvalue weighted by Gasteiger charge is -2.12. The quantitative estimate of drug-likeness (QED) is 0.931. The Balaban J connectivity index is 2.47. The Labute approximate surface area is 122 Å². The summed E-state index contributed by atoms with van der Waals surface area (Å²) in [6.45, 7) is 6.26. The van der Waals surface area contributed by atoms with Gasteiger partial charge in [-0.2, -0.15) is 5.10 Å². The highest BCUT2D eigenvalue weighted by atomic mass is 79.9. The topological polar surface area (TPSA) is 43.8 Å². The Morgan fingerprint density at radius 1 is 1.26 bits per heavy atom. The number of aryl methyl sites for hydroxylation is 2. The average molecular weight is 322 g/mol. The van der Waals surface area contributed by atoms with Crippen LogP contribution in [0.3, 0.4) is 0 Å². The van der Waals surface area contributed by atoms with E-state index in [1.165, 1.54) is 5.69 Å². The molecule has 0 aliphatic carbocycles. The fraction of sp³-hybridized carbons (Fsp3) is 0.400. The van der Waals surface area contributed by atoms with Crippen molar-refractivity contribution < 1.29 is 0 Å². The van der Waals surface area contributed by atoms with Crippen LogP contribution in [-0.2, 0) is 12.8 Å². The summed E-state index contributed by atoms with van der Waals surface area (Å²) in [5.41, 5.74) is 10.5. The maximum Gasteiger partial charge on any atom is 0.0660 e. The van der Waals surface area contributed by atoms with E-state index in [0.717, 1.165) is 34.3 Å². The van der Waals surface area contributed by atoms with E-state index < -0.39 is 0 Å². The molecule has 1 aromatic heterocycles. The molecule has 4 heteroatoms. The Hall–Kier alpha value is -1.13. The third-order valence-corrected chi connectivity index (χ3v) is 3.96. The molecule has 102 valence electrons. The van der Waals surface area contributed by atoms with Crippen molar-refractivity contribution in [2.75, 3.05) is 0 Å². The zero-order valence-electron chi connectivity index (χ0n) is 11.7.